The first kappa shape index (κ1) is 15.4. The van der Waals surface area contributed by atoms with Gasteiger partial charge in [-0.1, -0.05) is 6.07 Å². The molecule has 1 aromatic carbocycles. The predicted molar refractivity (Wildman–Crippen MR) is 80.5 cm³/mol. The summed E-state index contributed by atoms with van der Waals surface area (Å²) < 4.78 is 18.6. The third kappa shape index (κ3) is 4.24. The molecule has 0 spiro atoms. The van der Waals surface area contributed by atoms with Gasteiger partial charge in [0, 0.05) is 31.5 Å². The summed E-state index contributed by atoms with van der Waals surface area (Å²) in [5, 5.41) is 0. The number of benzene rings is 1. The van der Waals surface area contributed by atoms with E-state index >= 15 is 0 Å². The van der Waals surface area contributed by atoms with E-state index in [1.807, 2.05) is 19.2 Å². The van der Waals surface area contributed by atoms with E-state index in [9.17, 15) is 4.39 Å². The Morgan fingerprint density at radius 2 is 2.00 bits per heavy atom. The molecule has 1 heterocycles. The number of nitrogens with zero attached hydrogens (tertiary/aromatic N) is 2. The van der Waals surface area contributed by atoms with Gasteiger partial charge in [0.05, 0.1) is 7.11 Å². The lowest BCUT2D eigenvalue weighted by Crippen LogP contribution is -2.28. The van der Waals surface area contributed by atoms with Gasteiger partial charge in [-0.3, -0.25) is 4.98 Å². The standard InChI is InChI=1S/C16H20FN3O/c1-20(10-12-5-7-19-8-6-12)11-15(18)13-3-4-16(21-2)14(17)9-13/h3-9,15H,10-11,18H2,1-2H3. The minimum atomic E-state index is -0.387. The molecule has 0 bridgehead atoms. The Kier molecular flexibility index (Phi) is 5.25. The lowest BCUT2D eigenvalue weighted by atomic mass is 10.1. The second kappa shape index (κ2) is 7.15. The van der Waals surface area contributed by atoms with E-state index in [0.29, 0.717) is 6.54 Å². The number of rotatable bonds is 6. The molecule has 5 heteroatoms. The molecule has 0 fully saturated rings. The van der Waals surface area contributed by atoms with E-state index in [-0.39, 0.29) is 17.6 Å². The second-order valence-corrected chi connectivity index (χ2v) is 5.05. The molecule has 1 unspecified atom stereocenters. The van der Waals surface area contributed by atoms with Crippen LogP contribution in [-0.2, 0) is 6.54 Å². The smallest absolute Gasteiger partial charge is 0.165 e. The normalized spacial score (nSPS) is 12.4. The topological polar surface area (TPSA) is 51.4 Å². The number of halogens is 1. The predicted octanol–water partition coefficient (Wildman–Crippen LogP) is 2.36. The summed E-state index contributed by atoms with van der Waals surface area (Å²) in [7, 11) is 3.43. The minimum absolute atomic E-state index is 0.232. The van der Waals surface area contributed by atoms with E-state index in [2.05, 4.69) is 9.88 Å². The van der Waals surface area contributed by atoms with Crippen molar-refractivity contribution in [2.24, 2.45) is 5.73 Å². The van der Waals surface area contributed by atoms with Gasteiger partial charge in [-0.25, -0.2) is 4.39 Å². The Morgan fingerprint density at radius 1 is 1.29 bits per heavy atom. The molecule has 2 rings (SSSR count). The quantitative estimate of drug-likeness (QED) is 0.887. The third-order valence-electron chi connectivity index (χ3n) is 3.31. The van der Waals surface area contributed by atoms with Crippen LogP contribution in [0.5, 0.6) is 5.75 Å². The van der Waals surface area contributed by atoms with Crippen molar-refractivity contribution < 1.29 is 9.13 Å². The highest BCUT2D eigenvalue weighted by Gasteiger charge is 2.12. The zero-order valence-electron chi connectivity index (χ0n) is 12.3. The van der Waals surface area contributed by atoms with Gasteiger partial charge in [-0.2, -0.15) is 0 Å². The highest BCUT2D eigenvalue weighted by molar-refractivity contribution is 5.31. The molecule has 112 valence electrons. The zero-order valence-corrected chi connectivity index (χ0v) is 12.3. The van der Waals surface area contributed by atoms with Crippen molar-refractivity contribution in [3.05, 3.63) is 59.7 Å². The SMILES string of the molecule is COc1ccc(C(N)CN(C)Cc2ccncc2)cc1F. The maximum atomic E-state index is 13.7. The van der Waals surface area contributed by atoms with Crippen LogP contribution in [0.4, 0.5) is 4.39 Å². The Bertz CT molecular complexity index is 577. The molecular weight excluding hydrogens is 269 g/mol. The van der Waals surface area contributed by atoms with E-state index in [1.54, 1.807) is 24.5 Å². The van der Waals surface area contributed by atoms with Crippen LogP contribution in [0, 0.1) is 5.82 Å². The summed E-state index contributed by atoms with van der Waals surface area (Å²) in [6.45, 7) is 1.41. The molecule has 21 heavy (non-hydrogen) atoms. The molecule has 1 aromatic heterocycles. The largest absolute Gasteiger partial charge is 0.494 e. The number of methoxy groups -OCH3 is 1. The maximum Gasteiger partial charge on any atom is 0.165 e. The fourth-order valence-corrected chi connectivity index (χ4v) is 2.22. The molecule has 2 aromatic rings. The van der Waals surface area contributed by atoms with Gasteiger partial charge in [0.15, 0.2) is 11.6 Å². The number of hydrogen-bond acceptors (Lipinski definition) is 4. The van der Waals surface area contributed by atoms with Gasteiger partial charge in [-0.05, 0) is 42.4 Å². The number of ether oxygens (including phenoxy) is 1. The van der Waals surface area contributed by atoms with Crippen molar-refractivity contribution in [2.45, 2.75) is 12.6 Å². The van der Waals surface area contributed by atoms with Crippen LogP contribution in [0.15, 0.2) is 42.7 Å². The van der Waals surface area contributed by atoms with Gasteiger partial charge >= 0.3 is 0 Å². The molecule has 0 amide bonds. The summed E-state index contributed by atoms with van der Waals surface area (Å²) in [5.74, 6) is -0.154. The van der Waals surface area contributed by atoms with Crippen LogP contribution in [0.2, 0.25) is 0 Å². The molecule has 0 aliphatic rings. The number of aromatic nitrogens is 1. The van der Waals surface area contributed by atoms with Crippen LogP contribution in [0.25, 0.3) is 0 Å². The van der Waals surface area contributed by atoms with Crippen molar-refractivity contribution in [1.29, 1.82) is 0 Å². The first-order chi connectivity index (χ1) is 10.1. The van der Waals surface area contributed by atoms with E-state index in [4.69, 9.17) is 10.5 Å². The average Bonchev–Trinajstić information content (AvgIpc) is 2.48. The van der Waals surface area contributed by atoms with Crippen LogP contribution in [0.3, 0.4) is 0 Å². The molecule has 0 aliphatic heterocycles. The van der Waals surface area contributed by atoms with Gasteiger partial charge < -0.3 is 15.4 Å². The summed E-state index contributed by atoms with van der Waals surface area (Å²) >= 11 is 0. The molecule has 0 saturated heterocycles. The molecule has 1 atom stereocenters. The third-order valence-corrected chi connectivity index (χ3v) is 3.31. The summed E-state index contributed by atoms with van der Waals surface area (Å²) in [4.78, 5) is 6.09. The number of hydrogen-bond donors (Lipinski definition) is 1. The first-order valence-corrected chi connectivity index (χ1v) is 6.76. The monoisotopic (exact) mass is 289 g/mol. The Balaban J connectivity index is 1.97. The molecule has 2 N–H and O–H groups in total. The van der Waals surface area contributed by atoms with Gasteiger partial charge in [0.2, 0.25) is 0 Å². The van der Waals surface area contributed by atoms with Crippen LogP contribution in [0.1, 0.15) is 17.2 Å². The van der Waals surface area contributed by atoms with Gasteiger partial charge in [0.1, 0.15) is 0 Å². The fourth-order valence-electron chi connectivity index (χ4n) is 2.22. The minimum Gasteiger partial charge on any atom is -0.494 e. The lowest BCUT2D eigenvalue weighted by molar-refractivity contribution is 0.304. The molecule has 0 aliphatic carbocycles. The van der Waals surface area contributed by atoms with E-state index in [0.717, 1.165) is 12.1 Å². The van der Waals surface area contributed by atoms with Gasteiger partial charge in [-0.15, -0.1) is 0 Å². The highest BCUT2D eigenvalue weighted by atomic mass is 19.1. The Hall–Kier alpha value is -1.98. The van der Waals surface area contributed by atoms with E-state index in [1.165, 1.54) is 18.7 Å². The number of likely N-dealkylation sites (N-methyl/N-ethyl adjacent to an activating group) is 1. The molecule has 0 saturated carbocycles. The molecule has 0 radical (unpaired) electrons. The van der Waals surface area contributed by atoms with E-state index < -0.39 is 0 Å². The first-order valence-electron chi connectivity index (χ1n) is 6.76. The van der Waals surface area contributed by atoms with Crippen LogP contribution >= 0.6 is 0 Å². The van der Waals surface area contributed by atoms with Crippen molar-refractivity contribution in [3.8, 4) is 5.75 Å². The maximum absolute atomic E-state index is 13.7. The van der Waals surface area contributed by atoms with Crippen LogP contribution < -0.4 is 10.5 Å². The lowest BCUT2D eigenvalue weighted by Gasteiger charge is -2.21. The number of nitrogens with two attached hydrogens (primary N) is 1. The number of pyridine rings is 1. The van der Waals surface area contributed by atoms with Crippen molar-refractivity contribution in [1.82, 2.24) is 9.88 Å². The zero-order chi connectivity index (χ0) is 15.2. The van der Waals surface area contributed by atoms with Crippen molar-refractivity contribution in [3.63, 3.8) is 0 Å². The molecule has 4 nitrogen and oxygen atoms in total. The summed E-state index contributed by atoms with van der Waals surface area (Å²) in [6, 6.07) is 8.52. The highest BCUT2D eigenvalue weighted by Crippen LogP contribution is 2.21. The molecular formula is C16H20FN3O. The Morgan fingerprint density at radius 3 is 2.62 bits per heavy atom. The Labute approximate surface area is 124 Å². The van der Waals surface area contributed by atoms with Crippen LogP contribution in [-0.4, -0.2) is 30.6 Å². The van der Waals surface area contributed by atoms with Crippen molar-refractivity contribution in [2.75, 3.05) is 20.7 Å². The second-order valence-electron chi connectivity index (χ2n) is 5.05. The average molecular weight is 289 g/mol. The summed E-state index contributed by atoms with van der Waals surface area (Å²) in [6.07, 6.45) is 3.53. The fraction of sp³-hybridized carbons (Fsp3) is 0.312. The van der Waals surface area contributed by atoms with Crippen molar-refractivity contribution >= 4 is 0 Å². The summed E-state index contributed by atoms with van der Waals surface area (Å²) in [5.41, 5.74) is 8.07. The van der Waals surface area contributed by atoms with Gasteiger partial charge in [0.25, 0.3) is 0 Å².